The number of thioether (sulfide) groups is 1. The van der Waals surface area contributed by atoms with E-state index in [2.05, 4.69) is 36.2 Å². The molecule has 0 amide bonds. The molecule has 1 aromatic carbocycles. The molecule has 0 heterocycles. The lowest BCUT2D eigenvalue weighted by Crippen LogP contribution is -2.42. The predicted molar refractivity (Wildman–Crippen MR) is 127 cm³/mol. The second-order valence-electron chi connectivity index (χ2n) is 7.09. The van der Waals surface area contributed by atoms with Crippen LogP contribution in [0.5, 0.6) is 0 Å². The van der Waals surface area contributed by atoms with Crippen LogP contribution in [0, 0.1) is 5.82 Å². The van der Waals surface area contributed by atoms with Crippen molar-refractivity contribution >= 4 is 41.7 Å². The molecule has 27 heavy (non-hydrogen) atoms. The summed E-state index contributed by atoms with van der Waals surface area (Å²) in [5, 5.41) is 7.68. The second kappa shape index (κ2) is 12.8. The highest BCUT2D eigenvalue weighted by Gasteiger charge is 2.25. The van der Waals surface area contributed by atoms with Crippen LogP contribution in [0.4, 0.5) is 4.39 Å². The molecule has 0 bridgehead atoms. The Morgan fingerprint density at radius 2 is 2.07 bits per heavy atom. The van der Waals surface area contributed by atoms with Crippen molar-refractivity contribution in [2.45, 2.75) is 57.5 Å². The Morgan fingerprint density at radius 1 is 1.30 bits per heavy atom. The lowest BCUT2D eigenvalue weighted by Gasteiger charge is -2.17. The van der Waals surface area contributed by atoms with Crippen molar-refractivity contribution in [3.8, 4) is 0 Å². The number of hydrogen-bond acceptors (Lipinski definition) is 3. The number of benzene rings is 1. The molecule has 1 aliphatic rings. The molecular weight excluding hydrogens is 474 g/mol. The molecule has 0 aliphatic heterocycles. The average Bonchev–Trinajstić information content (AvgIpc) is 3.02. The van der Waals surface area contributed by atoms with Gasteiger partial charge in [-0.1, -0.05) is 13.0 Å². The summed E-state index contributed by atoms with van der Waals surface area (Å²) >= 11 is 2.06. The molecule has 2 rings (SSSR count). The third-order valence-corrected chi connectivity index (χ3v) is 5.72. The monoisotopic (exact) mass is 508 g/mol. The second-order valence-corrected chi connectivity index (χ2v) is 8.67. The highest BCUT2D eigenvalue weighted by Crippen LogP contribution is 2.29. The normalized spacial score (nSPS) is 19.9. The zero-order valence-electron chi connectivity index (χ0n) is 16.9. The molecule has 0 saturated heterocycles. The van der Waals surface area contributed by atoms with Crippen LogP contribution in [0.25, 0.3) is 0 Å². The summed E-state index contributed by atoms with van der Waals surface area (Å²) in [6, 6.07) is 5.79. The van der Waals surface area contributed by atoms with E-state index in [1.807, 2.05) is 31.1 Å². The summed E-state index contributed by atoms with van der Waals surface area (Å²) in [7, 11) is 3.90. The number of nitrogens with one attached hydrogen (secondary N) is 2. The number of aliphatic imine (C=N–C) groups is 1. The van der Waals surface area contributed by atoms with Crippen molar-refractivity contribution in [1.82, 2.24) is 15.5 Å². The molecule has 2 atom stereocenters. The van der Waals surface area contributed by atoms with Gasteiger partial charge in [0.2, 0.25) is 0 Å². The van der Waals surface area contributed by atoms with Crippen molar-refractivity contribution in [1.29, 1.82) is 0 Å². The molecule has 1 fully saturated rings. The Hall–Kier alpha value is -0.540. The summed E-state index contributed by atoms with van der Waals surface area (Å²) in [4.78, 5) is 6.69. The average molecular weight is 508 g/mol. The van der Waals surface area contributed by atoms with Gasteiger partial charge in [0.1, 0.15) is 5.82 Å². The van der Waals surface area contributed by atoms with Crippen molar-refractivity contribution in [2.75, 3.05) is 26.4 Å². The highest BCUT2D eigenvalue weighted by molar-refractivity contribution is 14.0. The third-order valence-electron chi connectivity index (χ3n) is 4.49. The summed E-state index contributed by atoms with van der Waals surface area (Å²) in [5.41, 5.74) is 1.75. The van der Waals surface area contributed by atoms with E-state index in [1.54, 1.807) is 6.07 Å². The lowest BCUT2D eigenvalue weighted by atomic mass is 10.1. The number of hydrogen-bond donors (Lipinski definition) is 2. The first-order chi connectivity index (χ1) is 12.5. The molecule has 2 N–H and O–H groups in total. The fourth-order valence-electron chi connectivity index (χ4n) is 3.33. The van der Waals surface area contributed by atoms with E-state index in [1.165, 1.54) is 25.0 Å². The number of nitrogens with zero attached hydrogens (tertiary/aromatic N) is 2. The van der Waals surface area contributed by atoms with Gasteiger partial charge in [-0.25, -0.2) is 9.38 Å². The molecule has 0 aromatic heterocycles. The van der Waals surface area contributed by atoms with Crippen LogP contribution in [0.15, 0.2) is 23.2 Å². The smallest absolute Gasteiger partial charge is 0.191 e. The number of rotatable bonds is 8. The van der Waals surface area contributed by atoms with E-state index in [0.717, 1.165) is 28.9 Å². The van der Waals surface area contributed by atoms with Gasteiger partial charge < -0.3 is 15.5 Å². The number of guanidine groups is 1. The van der Waals surface area contributed by atoms with Gasteiger partial charge >= 0.3 is 0 Å². The Morgan fingerprint density at radius 3 is 2.74 bits per heavy atom. The summed E-state index contributed by atoms with van der Waals surface area (Å²) < 4.78 is 13.9. The zero-order chi connectivity index (χ0) is 18.9. The van der Waals surface area contributed by atoms with Gasteiger partial charge in [0, 0.05) is 29.9 Å². The predicted octanol–water partition coefficient (Wildman–Crippen LogP) is 4.23. The topological polar surface area (TPSA) is 39.7 Å². The molecule has 2 unspecified atom stereocenters. The maximum absolute atomic E-state index is 13.9. The summed E-state index contributed by atoms with van der Waals surface area (Å²) in [6.07, 6.45) is 3.68. The van der Waals surface area contributed by atoms with E-state index >= 15 is 0 Å². The fraction of sp³-hybridized carbons (Fsp3) is 0.650. The van der Waals surface area contributed by atoms with E-state index in [-0.39, 0.29) is 29.8 Å². The first-order valence-electron chi connectivity index (χ1n) is 9.60. The summed E-state index contributed by atoms with van der Waals surface area (Å²) in [5.74, 6) is 1.89. The first kappa shape index (κ1) is 24.5. The molecule has 1 aliphatic carbocycles. The molecule has 0 spiro atoms. The number of halogens is 2. The minimum absolute atomic E-state index is 0. The van der Waals surface area contributed by atoms with E-state index < -0.39 is 0 Å². The van der Waals surface area contributed by atoms with Gasteiger partial charge in [-0.15, -0.1) is 24.0 Å². The van der Waals surface area contributed by atoms with Crippen molar-refractivity contribution in [2.24, 2.45) is 4.99 Å². The van der Waals surface area contributed by atoms with Gasteiger partial charge in [0.05, 0.1) is 6.54 Å². The lowest BCUT2D eigenvalue weighted by molar-refractivity contribution is 0.392. The van der Waals surface area contributed by atoms with Crippen LogP contribution in [0.1, 0.15) is 44.2 Å². The van der Waals surface area contributed by atoms with Gasteiger partial charge in [0.25, 0.3) is 0 Å². The minimum Gasteiger partial charge on any atom is -0.357 e. The van der Waals surface area contributed by atoms with Gasteiger partial charge in [0.15, 0.2) is 5.96 Å². The van der Waals surface area contributed by atoms with Gasteiger partial charge in [-0.2, -0.15) is 11.8 Å². The summed E-state index contributed by atoms with van der Waals surface area (Å²) in [6.45, 7) is 6.29. The van der Waals surface area contributed by atoms with E-state index in [9.17, 15) is 4.39 Å². The van der Waals surface area contributed by atoms with Crippen LogP contribution < -0.4 is 10.6 Å². The van der Waals surface area contributed by atoms with Crippen molar-refractivity contribution in [3.63, 3.8) is 0 Å². The molecular formula is C20H34FIN4S. The Bertz CT molecular complexity index is 597. The quantitative estimate of drug-likeness (QED) is 0.313. The van der Waals surface area contributed by atoms with Crippen LogP contribution in [-0.4, -0.2) is 48.5 Å². The SMILES string of the molecule is CCNC(=NCc1ccc(F)c(CN(C)C)c1)NC1CCC(SCC)C1.I. The van der Waals surface area contributed by atoms with E-state index in [4.69, 9.17) is 4.99 Å². The van der Waals surface area contributed by atoms with Gasteiger partial charge in [-0.3, -0.25) is 0 Å². The third kappa shape index (κ3) is 8.56. The molecule has 4 nitrogen and oxygen atoms in total. The molecule has 1 aromatic rings. The highest BCUT2D eigenvalue weighted by atomic mass is 127. The van der Waals surface area contributed by atoms with Crippen LogP contribution in [-0.2, 0) is 13.1 Å². The van der Waals surface area contributed by atoms with Crippen LogP contribution in [0.2, 0.25) is 0 Å². The minimum atomic E-state index is -0.151. The van der Waals surface area contributed by atoms with Crippen molar-refractivity contribution in [3.05, 3.63) is 35.1 Å². The molecule has 7 heteroatoms. The maximum atomic E-state index is 13.9. The van der Waals surface area contributed by atoms with E-state index in [0.29, 0.717) is 19.1 Å². The Labute approximate surface area is 185 Å². The van der Waals surface area contributed by atoms with Crippen molar-refractivity contribution < 1.29 is 4.39 Å². The molecule has 154 valence electrons. The fourth-order valence-corrected chi connectivity index (χ4v) is 4.47. The van der Waals surface area contributed by atoms with Crippen LogP contribution in [0.3, 0.4) is 0 Å². The largest absolute Gasteiger partial charge is 0.357 e. The first-order valence-corrected chi connectivity index (χ1v) is 10.6. The van der Waals surface area contributed by atoms with Gasteiger partial charge in [-0.05, 0) is 63.7 Å². The standard InChI is InChI=1S/C20H33FN4S.HI/c1-5-22-20(24-17-8-9-18(12-17)26-6-2)23-13-15-7-10-19(21)16(11-15)14-25(3)4;/h7,10-11,17-18H,5-6,8-9,12-14H2,1-4H3,(H2,22,23,24);1H. The Kier molecular flexibility index (Phi) is 11.6. The maximum Gasteiger partial charge on any atom is 0.191 e. The van der Waals surface area contributed by atoms with Crippen LogP contribution >= 0.6 is 35.7 Å². The Balaban J connectivity index is 0.00000364. The molecule has 0 radical (unpaired) electrons. The molecule has 1 saturated carbocycles. The zero-order valence-corrected chi connectivity index (χ0v) is 20.1.